The Kier molecular flexibility index (Phi) is 5.37. The normalized spacial score (nSPS) is 24.5. The molecule has 0 radical (unpaired) electrons. The minimum Gasteiger partial charge on any atom is -0.469 e. The van der Waals surface area contributed by atoms with E-state index >= 15 is 0 Å². The molecule has 0 aromatic carbocycles. The molecule has 6 heteroatoms. The third-order valence-electron chi connectivity index (χ3n) is 2.98. The molecule has 1 rings (SSSR count). The van der Waals surface area contributed by atoms with Crippen molar-refractivity contribution in [1.29, 1.82) is 0 Å². The maximum atomic E-state index is 11.5. The van der Waals surface area contributed by atoms with Crippen LogP contribution in [0.1, 0.15) is 13.3 Å². The molecular formula is C11H20N2O4. The largest absolute Gasteiger partial charge is 0.469 e. The molecule has 2 unspecified atom stereocenters. The summed E-state index contributed by atoms with van der Waals surface area (Å²) in [6, 6.07) is 0.0314. The number of carbonyl (C=O) groups excluding carboxylic acids is 2. The molecule has 1 aliphatic rings. The average molecular weight is 244 g/mol. The second-order valence-electron chi connectivity index (χ2n) is 4.25. The van der Waals surface area contributed by atoms with E-state index in [1.54, 1.807) is 4.90 Å². The van der Waals surface area contributed by atoms with Crippen molar-refractivity contribution in [2.24, 2.45) is 5.92 Å². The zero-order chi connectivity index (χ0) is 12.8. The van der Waals surface area contributed by atoms with E-state index < -0.39 is 0 Å². The molecular weight excluding hydrogens is 224 g/mol. The third kappa shape index (κ3) is 3.98. The van der Waals surface area contributed by atoms with Crippen molar-refractivity contribution in [2.45, 2.75) is 19.4 Å². The fourth-order valence-corrected chi connectivity index (χ4v) is 2.11. The Morgan fingerprint density at radius 2 is 2.18 bits per heavy atom. The zero-order valence-corrected chi connectivity index (χ0v) is 10.3. The predicted octanol–water partition coefficient (Wildman–Crippen LogP) is -1.02. The lowest BCUT2D eigenvalue weighted by molar-refractivity contribution is -0.149. The summed E-state index contributed by atoms with van der Waals surface area (Å²) in [5.74, 6) is -0.616. The van der Waals surface area contributed by atoms with Gasteiger partial charge in [0.2, 0.25) is 5.91 Å². The molecule has 6 nitrogen and oxygen atoms in total. The quantitative estimate of drug-likeness (QED) is 0.619. The Bertz CT molecular complexity index is 283. The van der Waals surface area contributed by atoms with Crippen LogP contribution >= 0.6 is 0 Å². The molecule has 2 atom stereocenters. The number of esters is 1. The average Bonchev–Trinajstić information content (AvgIpc) is 2.34. The molecule has 2 N–H and O–H groups in total. The molecule has 0 aromatic heterocycles. The number of hydrogen-bond acceptors (Lipinski definition) is 5. The molecule has 0 bridgehead atoms. The highest BCUT2D eigenvalue weighted by Gasteiger charge is 2.32. The lowest BCUT2D eigenvalue weighted by atomic mass is 9.94. The number of nitrogens with one attached hydrogen (secondary N) is 1. The number of rotatable bonds is 4. The van der Waals surface area contributed by atoms with E-state index in [2.05, 4.69) is 5.32 Å². The van der Waals surface area contributed by atoms with Gasteiger partial charge in [0.05, 0.1) is 19.6 Å². The van der Waals surface area contributed by atoms with Crippen LogP contribution in [-0.2, 0) is 14.3 Å². The molecule has 1 saturated heterocycles. The summed E-state index contributed by atoms with van der Waals surface area (Å²) >= 11 is 0. The number of aliphatic hydroxyl groups excluding tert-OH is 1. The molecule has 17 heavy (non-hydrogen) atoms. The molecule has 0 spiro atoms. The van der Waals surface area contributed by atoms with E-state index in [-0.39, 0.29) is 30.4 Å². The lowest BCUT2D eigenvalue weighted by Crippen LogP contribution is -2.52. The maximum absolute atomic E-state index is 11.5. The lowest BCUT2D eigenvalue weighted by Gasteiger charge is -2.36. The first-order chi connectivity index (χ1) is 8.08. The summed E-state index contributed by atoms with van der Waals surface area (Å²) < 4.78 is 4.72. The van der Waals surface area contributed by atoms with Gasteiger partial charge in [0.25, 0.3) is 0 Å². The van der Waals surface area contributed by atoms with Gasteiger partial charge >= 0.3 is 5.97 Å². The van der Waals surface area contributed by atoms with Gasteiger partial charge in [-0.1, -0.05) is 0 Å². The summed E-state index contributed by atoms with van der Waals surface area (Å²) in [7, 11) is 1.35. The fraction of sp³-hybridized carbons (Fsp3) is 0.818. The second-order valence-corrected chi connectivity index (χ2v) is 4.25. The van der Waals surface area contributed by atoms with Crippen molar-refractivity contribution >= 4 is 11.9 Å². The number of amides is 1. The van der Waals surface area contributed by atoms with Crippen LogP contribution in [0.15, 0.2) is 0 Å². The Morgan fingerprint density at radius 1 is 1.47 bits per heavy atom. The molecule has 1 heterocycles. The highest BCUT2D eigenvalue weighted by atomic mass is 16.5. The zero-order valence-electron chi connectivity index (χ0n) is 10.3. The van der Waals surface area contributed by atoms with Gasteiger partial charge in [0.1, 0.15) is 0 Å². The number of aliphatic hydroxyl groups is 1. The van der Waals surface area contributed by atoms with Crippen molar-refractivity contribution in [3.63, 3.8) is 0 Å². The van der Waals surface area contributed by atoms with Crippen molar-refractivity contribution in [3.8, 4) is 0 Å². The monoisotopic (exact) mass is 244 g/mol. The number of piperidine rings is 1. The van der Waals surface area contributed by atoms with Crippen LogP contribution in [0.3, 0.4) is 0 Å². The standard InChI is InChI=1S/C11H20N2O4/c1-8(15)13-6-9(11(16)17-2)5-10(7-13)12-3-4-14/h9-10,12,14H,3-7H2,1-2H3. The maximum Gasteiger partial charge on any atom is 0.310 e. The number of nitrogens with zero attached hydrogens (tertiary/aromatic N) is 1. The van der Waals surface area contributed by atoms with Gasteiger partial charge in [-0.2, -0.15) is 0 Å². The number of carbonyl (C=O) groups is 2. The Labute approximate surface area is 101 Å². The van der Waals surface area contributed by atoms with Crippen LogP contribution < -0.4 is 5.32 Å². The molecule has 0 aromatic rings. The van der Waals surface area contributed by atoms with Crippen LogP contribution in [-0.4, -0.2) is 61.3 Å². The summed E-state index contributed by atoms with van der Waals surface area (Å²) in [5.41, 5.74) is 0. The van der Waals surface area contributed by atoms with E-state index in [1.165, 1.54) is 14.0 Å². The van der Waals surface area contributed by atoms with Crippen molar-refractivity contribution in [2.75, 3.05) is 33.4 Å². The molecule has 1 amide bonds. The predicted molar refractivity (Wildman–Crippen MR) is 61.3 cm³/mol. The van der Waals surface area contributed by atoms with E-state index in [1.807, 2.05) is 0 Å². The van der Waals surface area contributed by atoms with E-state index in [4.69, 9.17) is 9.84 Å². The van der Waals surface area contributed by atoms with Crippen LogP contribution in [0, 0.1) is 5.92 Å². The first-order valence-electron chi connectivity index (χ1n) is 5.76. The van der Waals surface area contributed by atoms with Gasteiger partial charge in [-0.25, -0.2) is 0 Å². The summed E-state index contributed by atoms with van der Waals surface area (Å²) in [6.07, 6.45) is 0.635. The van der Waals surface area contributed by atoms with E-state index in [0.717, 1.165) is 0 Å². The number of ether oxygens (including phenoxy) is 1. The third-order valence-corrected chi connectivity index (χ3v) is 2.98. The minimum absolute atomic E-state index is 0.0314. The number of methoxy groups -OCH3 is 1. The minimum atomic E-state index is -0.285. The van der Waals surface area contributed by atoms with Gasteiger partial charge < -0.3 is 20.1 Å². The second kappa shape index (κ2) is 6.56. The fourth-order valence-electron chi connectivity index (χ4n) is 2.11. The number of hydrogen-bond donors (Lipinski definition) is 2. The highest BCUT2D eigenvalue weighted by Crippen LogP contribution is 2.18. The Morgan fingerprint density at radius 3 is 2.71 bits per heavy atom. The van der Waals surface area contributed by atoms with E-state index in [0.29, 0.717) is 26.1 Å². The highest BCUT2D eigenvalue weighted by molar-refractivity contribution is 5.76. The van der Waals surface area contributed by atoms with Crippen LogP contribution in [0.25, 0.3) is 0 Å². The van der Waals surface area contributed by atoms with Gasteiger partial charge in [-0.3, -0.25) is 9.59 Å². The SMILES string of the molecule is COC(=O)C1CC(NCCO)CN(C(C)=O)C1. The van der Waals surface area contributed by atoms with Crippen LogP contribution in [0.4, 0.5) is 0 Å². The van der Waals surface area contributed by atoms with Gasteiger partial charge in [0, 0.05) is 32.6 Å². The Hall–Kier alpha value is -1.14. The van der Waals surface area contributed by atoms with Gasteiger partial charge in [-0.05, 0) is 6.42 Å². The first-order valence-corrected chi connectivity index (χ1v) is 5.76. The van der Waals surface area contributed by atoms with E-state index in [9.17, 15) is 9.59 Å². The number of likely N-dealkylation sites (tertiary alicyclic amines) is 1. The van der Waals surface area contributed by atoms with Gasteiger partial charge in [0.15, 0.2) is 0 Å². The summed E-state index contributed by atoms with van der Waals surface area (Å²) in [5, 5.41) is 11.9. The first kappa shape index (κ1) is 13.9. The molecule has 98 valence electrons. The summed E-state index contributed by atoms with van der Waals surface area (Å²) in [6.45, 7) is 2.98. The van der Waals surface area contributed by atoms with Crippen LogP contribution in [0.2, 0.25) is 0 Å². The van der Waals surface area contributed by atoms with Crippen molar-refractivity contribution in [1.82, 2.24) is 10.2 Å². The molecule has 1 fully saturated rings. The van der Waals surface area contributed by atoms with Gasteiger partial charge in [-0.15, -0.1) is 0 Å². The topological polar surface area (TPSA) is 78.9 Å². The summed E-state index contributed by atoms with van der Waals surface area (Å²) in [4.78, 5) is 24.5. The smallest absolute Gasteiger partial charge is 0.310 e. The Balaban J connectivity index is 2.62. The van der Waals surface area contributed by atoms with Crippen molar-refractivity contribution < 1.29 is 19.4 Å². The molecule has 0 saturated carbocycles. The molecule has 0 aliphatic carbocycles. The van der Waals surface area contributed by atoms with Crippen LogP contribution in [0.5, 0.6) is 0 Å². The molecule has 1 aliphatic heterocycles. The van der Waals surface area contributed by atoms with Crippen molar-refractivity contribution in [3.05, 3.63) is 0 Å².